The quantitative estimate of drug-likeness (QED) is 0.498. The lowest BCUT2D eigenvalue weighted by Gasteiger charge is -2.01. The Hall–Kier alpha value is -1.59. The molecule has 0 saturated heterocycles. The molecule has 0 aliphatic heterocycles. The Morgan fingerprint density at radius 1 is 0.929 bits per heavy atom. The van der Waals surface area contributed by atoms with Crippen molar-refractivity contribution in [1.82, 2.24) is 5.32 Å². The van der Waals surface area contributed by atoms with Crippen molar-refractivity contribution in [3.05, 3.63) is 0 Å². The Kier molecular flexibility index (Phi) is 6.09. The zero-order valence-electron chi connectivity index (χ0n) is 7.65. The molecule has 0 atom stereocenters. The van der Waals surface area contributed by atoms with Gasteiger partial charge in [0.05, 0.1) is 6.42 Å². The highest BCUT2D eigenvalue weighted by Gasteiger charge is 2.04. The molecule has 80 valence electrons. The van der Waals surface area contributed by atoms with Crippen molar-refractivity contribution in [2.75, 3.05) is 6.54 Å². The third-order valence-corrected chi connectivity index (χ3v) is 1.46. The number of hydrogen-bond acceptors (Lipinski definition) is 3. The lowest BCUT2D eigenvalue weighted by atomic mass is 10.3. The van der Waals surface area contributed by atoms with Crippen LogP contribution in [0.1, 0.15) is 25.7 Å². The second-order valence-corrected chi connectivity index (χ2v) is 2.74. The fourth-order valence-electron chi connectivity index (χ4n) is 0.776. The average Bonchev–Trinajstić information content (AvgIpc) is 2.08. The van der Waals surface area contributed by atoms with Crippen LogP contribution in [0.3, 0.4) is 0 Å². The Morgan fingerprint density at radius 3 is 2.00 bits per heavy atom. The molecule has 3 N–H and O–H groups in total. The molecule has 0 heterocycles. The SMILES string of the molecule is O=C(O)CCCNC(=O)CCC(=O)O. The molecule has 14 heavy (non-hydrogen) atoms. The second kappa shape index (κ2) is 6.88. The molecular formula is C8H13NO5. The normalized spacial score (nSPS) is 9.43. The molecule has 1 amide bonds. The lowest BCUT2D eigenvalue weighted by molar-refractivity contribution is -0.138. The predicted octanol–water partition coefficient (Wildman–Crippen LogP) is -0.168. The molecule has 0 fully saturated rings. The van der Waals surface area contributed by atoms with E-state index in [1.54, 1.807) is 0 Å². The molecule has 0 spiro atoms. The summed E-state index contributed by atoms with van der Waals surface area (Å²) in [5, 5.41) is 18.9. The van der Waals surface area contributed by atoms with Gasteiger partial charge in [-0.05, 0) is 6.42 Å². The van der Waals surface area contributed by atoms with Crippen LogP contribution in [0.4, 0.5) is 0 Å². The first-order valence-corrected chi connectivity index (χ1v) is 4.22. The fraction of sp³-hybridized carbons (Fsp3) is 0.625. The van der Waals surface area contributed by atoms with Gasteiger partial charge in [-0.1, -0.05) is 0 Å². The number of carbonyl (C=O) groups is 3. The Bertz CT molecular complexity index is 226. The molecule has 6 heteroatoms. The fourth-order valence-corrected chi connectivity index (χ4v) is 0.776. The second-order valence-electron chi connectivity index (χ2n) is 2.74. The molecule has 0 aromatic carbocycles. The summed E-state index contributed by atoms with van der Waals surface area (Å²) in [6.07, 6.45) is 0.0839. The van der Waals surface area contributed by atoms with Gasteiger partial charge in [0.15, 0.2) is 0 Å². The largest absolute Gasteiger partial charge is 0.481 e. The van der Waals surface area contributed by atoms with Crippen molar-refractivity contribution in [1.29, 1.82) is 0 Å². The molecule has 0 unspecified atom stereocenters. The number of nitrogens with one attached hydrogen (secondary N) is 1. The maximum atomic E-state index is 10.9. The van der Waals surface area contributed by atoms with Gasteiger partial charge in [-0.2, -0.15) is 0 Å². The number of carboxylic acid groups (broad SMARTS) is 2. The topological polar surface area (TPSA) is 104 Å². The maximum absolute atomic E-state index is 10.9. The van der Waals surface area contributed by atoms with Crippen LogP contribution in [-0.2, 0) is 14.4 Å². The smallest absolute Gasteiger partial charge is 0.303 e. The van der Waals surface area contributed by atoms with E-state index in [1.165, 1.54) is 0 Å². The lowest BCUT2D eigenvalue weighted by Crippen LogP contribution is -2.25. The van der Waals surface area contributed by atoms with E-state index in [1.807, 2.05) is 0 Å². The molecule has 0 aliphatic carbocycles. The van der Waals surface area contributed by atoms with Crippen molar-refractivity contribution >= 4 is 17.8 Å². The van der Waals surface area contributed by atoms with E-state index in [9.17, 15) is 14.4 Å². The van der Waals surface area contributed by atoms with Crippen LogP contribution >= 0.6 is 0 Å². The monoisotopic (exact) mass is 203 g/mol. The number of carbonyl (C=O) groups excluding carboxylic acids is 1. The van der Waals surface area contributed by atoms with Gasteiger partial charge in [0.2, 0.25) is 5.91 Å². The Labute approximate surface area is 80.9 Å². The highest BCUT2D eigenvalue weighted by Crippen LogP contribution is 1.90. The minimum Gasteiger partial charge on any atom is -0.481 e. The van der Waals surface area contributed by atoms with Crippen molar-refractivity contribution in [3.63, 3.8) is 0 Å². The summed E-state index contributed by atoms with van der Waals surface area (Å²) < 4.78 is 0. The van der Waals surface area contributed by atoms with Gasteiger partial charge in [-0.3, -0.25) is 14.4 Å². The molecule has 0 rings (SSSR count). The van der Waals surface area contributed by atoms with E-state index in [0.29, 0.717) is 6.42 Å². The number of carboxylic acids is 2. The summed E-state index contributed by atoms with van der Waals surface area (Å²) in [7, 11) is 0. The summed E-state index contributed by atoms with van der Waals surface area (Å²) in [4.78, 5) is 31.0. The van der Waals surface area contributed by atoms with Gasteiger partial charge in [-0.25, -0.2) is 0 Å². The van der Waals surface area contributed by atoms with E-state index in [-0.39, 0.29) is 31.7 Å². The summed E-state index contributed by atoms with van der Waals surface area (Å²) in [5.74, 6) is -2.30. The van der Waals surface area contributed by atoms with E-state index < -0.39 is 11.9 Å². The molecule has 0 aromatic rings. The first kappa shape index (κ1) is 12.4. The molecule has 0 saturated carbocycles. The van der Waals surface area contributed by atoms with Crippen LogP contribution in [0.25, 0.3) is 0 Å². The predicted molar refractivity (Wildman–Crippen MR) is 46.7 cm³/mol. The van der Waals surface area contributed by atoms with Crippen LogP contribution in [0, 0.1) is 0 Å². The summed E-state index contributed by atoms with van der Waals surface area (Å²) in [5.41, 5.74) is 0. The van der Waals surface area contributed by atoms with Gasteiger partial charge in [0.1, 0.15) is 0 Å². The number of aliphatic carboxylic acids is 2. The summed E-state index contributed by atoms with van der Waals surface area (Å²) in [6.45, 7) is 0.269. The highest BCUT2D eigenvalue weighted by molar-refractivity contribution is 5.80. The minimum atomic E-state index is -1.02. The Morgan fingerprint density at radius 2 is 1.50 bits per heavy atom. The van der Waals surface area contributed by atoms with Gasteiger partial charge >= 0.3 is 11.9 Å². The first-order chi connectivity index (χ1) is 6.52. The molecule has 6 nitrogen and oxygen atoms in total. The summed E-state index contributed by atoms with van der Waals surface area (Å²) >= 11 is 0. The summed E-state index contributed by atoms with van der Waals surface area (Å²) in [6, 6.07) is 0. The van der Waals surface area contributed by atoms with Crippen LogP contribution in [-0.4, -0.2) is 34.6 Å². The van der Waals surface area contributed by atoms with E-state index in [4.69, 9.17) is 10.2 Å². The number of amides is 1. The van der Waals surface area contributed by atoms with Crippen molar-refractivity contribution < 1.29 is 24.6 Å². The zero-order chi connectivity index (χ0) is 11.0. The van der Waals surface area contributed by atoms with Crippen LogP contribution in [0.5, 0.6) is 0 Å². The van der Waals surface area contributed by atoms with E-state index >= 15 is 0 Å². The standard InChI is InChI=1S/C8H13NO5/c10-6(3-4-8(13)14)9-5-1-2-7(11)12/h1-5H2,(H,9,10)(H,11,12)(H,13,14). The first-order valence-electron chi connectivity index (χ1n) is 4.22. The van der Waals surface area contributed by atoms with Crippen LogP contribution in [0.2, 0.25) is 0 Å². The molecule has 0 aromatic heterocycles. The molecule has 0 bridgehead atoms. The van der Waals surface area contributed by atoms with Gasteiger partial charge in [-0.15, -0.1) is 0 Å². The maximum Gasteiger partial charge on any atom is 0.303 e. The van der Waals surface area contributed by atoms with Crippen molar-refractivity contribution in [3.8, 4) is 0 Å². The van der Waals surface area contributed by atoms with Gasteiger partial charge < -0.3 is 15.5 Å². The number of rotatable bonds is 7. The van der Waals surface area contributed by atoms with Gasteiger partial charge in [0.25, 0.3) is 0 Å². The van der Waals surface area contributed by atoms with Gasteiger partial charge in [0, 0.05) is 19.4 Å². The molecular weight excluding hydrogens is 190 g/mol. The minimum absolute atomic E-state index is 0.000783. The van der Waals surface area contributed by atoms with E-state index in [0.717, 1.165) is 0 Å². The van der Waals surface area contributed by atoms with Crippen LogP contribution in [0.15, 0.2) is 0 Å². The Balaban J connectivity index is 3.36. The number of hydrogen-bond donors (Lipinski definition) is 3. The van der Waals surface area contributed by atoms with Crippen molar-refractivity contribution in [2.24, 2.45) is 0 Å². The third-order valence-electron chi connectivity index (χ3n) is 1.46. The zero-order valence-corrected chi connectivity index (χ0v) is 7.65. The van der Waals surface area contributed by atoms with Crippen molar-refractivity contribution in [2.45, 2.75) is 25.7 Å². The van der Waals surface area contributed by atoms with E-state index in [2.05, 4.69) is 5.32 Å². The highest BCUT2D eigenvalue weighted by atomic mass is 16.4. The van der Waals surface area contributed by atoms with Crippen LogP contribution < -0.4 is 5.32 Å². The molecule has 0 radical (unpaired) electrons. The average molecular weight is 203 g/mol. The molecule has 0 aliphatic rings. The third kappa shape index (κ3) is 8.51.